The molecule has 0 aliphatic carbocycles. The van der Waals surface area contributed by atoms with Gasteiger partial charge in [0.25, 0.3) is 0 Å². The molecule has 0 aliphatic heterocycles. The Kier molecular flexibility index (Phi) is 6.24. The van der Waals surface area contributed by atoms with Gasteiger partial charge in [-0.2, -0.15) is 0 Å². The maximum absolute atomic E-state index is 12.2. The third kappa shape index (κ3) is 5.05. The summed E-state index contributed by atoms with van der Waals surface area (Å²) in [6, 6.07) is 8.44. The zero-order valence-corrected chi connectivity index (χ0v) is 11.8. The van der Waals surface area contributed by atoms with E-state index in [1.807, 2.05) is 0 Å². The lowest BCUT2D eigenvalue weighted by Gasteiger charge is -2.15. The van der Waals surface area contributed by atoms with Crippen molar-refractivity contribution >= 4 is 29.5 Å². The van der Waals surface area contributed by atoms with Crippen LogP contribution < -0.4 is 0 Å². The van der Waals surface area contributed by atoms with Crippen LogP contribution in [0.5, 0.6) is 0 Å². The summed E-state index contributed by atoms with van der Waals surface area (Å²) < 4.78 is 0. The molecule has 0 bridgehead atoms. The summed E-state index contributed by atoms with van der Waals surface area (Å²) in [5.41, 5.74) is 0.447. The summed E-state index contributed by atoms with van der Waals surface area (Å²) in [6.45, 7) is 1.51. The number of rotatable bonds is 8. The van der Waals surface area contributed by atoms with Crippen LogP contribution in [-0.2, 0) is 9.59 Å². The fourth-order valence-corrected chi connectivity index (χ4v) is 2.54. The number of ketones is 1. The number of carboxylic acids is 2. The molecule has 108 valence electrons. The Bertz CT molecular complexity index is 486. The third-order valence-corrected chi connectivity index (χ3v) is 4.04. The number of hydrogen-bond donors (Lipinski definition) is 2. The van der Waals surface area contributed by atoms with E-state index in [0.717, 1.165) is 11.8 Å². The van der Waals surface area contributed by atoms with Crippen LogP contribution in [0.4, 0.5) is 0 Å². The van der Waals surface area contributed by atoms with Gasteiger partial charge in [-0.15, -0.1) is 11.8 Å². The minimum Gasteiger partial charge on any atom is -0.481 e. The van der Waals surface area contributed by atoms with Crippen molar-refractivity contribution in [2.24, 2.45) is 5.92 Å². The van der Waals surface area contributed by atoms with E-state index in [9.17, 15) is 14.4 Å². The molecular formula is C14H16O5S. The van der Waals surface area contributed by atoms with Crippen molar-refractivity contribution in [3.63, 3.8) is 0 Å². The van der Waals surface area contributed by atoms with Gasteiger partial charge in [0.15, 0.2) is 5.78 Å². The molecular weight excluding hydrogens is 280 g/mol. The van der Waals surface area contributed by atoms with Crippen molar-refractivity contribution in [2.45, 2.75) is 18.6 Å². The van der Waals surface area contributed by atoms with Crippen LogP contribution in [0.25, 0.3) is 0 Å². The summed E-state index contributed by atoms with van der Waals surface area (Å²) in [5.74, 6) is -2.85. The SMILES string of the molecule is CC(SCC(CC(=O)O)C(=O)c1ccccc1)C(=O)O. The van der Waals surface area contributed by atoms with Crippen LogP contribution in [0.2, 0.25) is 0 Å². The maximum Gasteiger partial charge on any atom is 0.316 e. The van der Waals surface area contributed by atoms with Crippen molar-refractivity contribution in [3.8, 4) is 0 Å². The molecule has 0 aromatic heterocycles. The molecule has 0 heterocycles. The molecule has 2 atom stereocenters. The first-order valence-electron chi connectivity index (χ1n) is 6.07. The Balaban J connectivity index is 2.76. The predicted octanol–water partition coefficient (Wildman–Crippen LogP) is 2.17. The fourth-order valence-electron chi connectivity index (χ4n) is 1.61. The summed E-state index contributed by atoms with van der Waals surface area (Å²) in [7, 11) is 0. The second-order valence-corrected chi connectivity index (χ2v) is 5.71. The molecule has 0 amide bonds. The minimum atomic E-state index is -1.07. The van der Waals surface area contributed by atoms with Crippen molar-refractivity contribution in [2.75, 3.05) is 5.75 Å². The second-order valence-electron chi connectivity index (χ2n) is 4.34. The number of carboxylic acid groups (broad SMARTS) is 2. The van der Waals surface area contributed by atoms with Crippen LogP contribution in [0, 0.1) is 5.92 Å². The molecule has 20 heavy (non-hydrogen) atoms. The first kappa shape index (κ1) is 16.2. The Morgan fingerprint density at radius 1 is 1.15 bits per heavy atom. The molecule has 0 fully saturated rings. The Labute approximate surface area is 121 Å². The Morgan fingerprint density at radius 3 is 2.25 bits per heavy atom. The monoisotopic (exact) mass is 296 g/mol. The highest BCUT2D eigenvalue weighted by Crippen LogP contribution is 2.21. The van der Waals surface area contributed by atoms with Crippen molar-refractivity contribution in [3.05, 3.63) is 35.9 Å². The molecule has 6 heteroatoms. The highest BCUT2D eigenvalue weighted by atomic mass is 32.2. The zero-order valence-electron chi connectivity index (χ0n) is 11.0. The van der Waals surface area contributed by atoms with Crippen LogP contribution in [-0.4, -0.2) is 38.9 Å². The number of hydrogen-bond acceptors (Lipinski definition) is 4. The average molecular weight is 296 g/mol. The van der Waals surface area contributed by atoms with E-state index in [4.69, 9.17) is 10.2 Å². The first-order valence-corrected chi connectivity index (χ1v) is 7.12. The van der Waals surface area contributed by atoms with Gasteiger partial charge in [0.1, 0.15) is 0 Å². The third-order valence-electron chi connectivity index (χ3n) is 2.75. The fraction of sp³-hybridized carbons (Fsp3) is 0.357. The molecule has 1 rings (SSSR count). The van der Waals surface area contributed by atoms with Gasteiger partial charge in [-0.1, -0.05) is 30.3 Å². The molecule has 5 nitrogen and oxygen atoms in total. The Hall–Kier alpha value is -1.82. The molecule has 2 unspecified atom stereocenters. The standard InChI is InChI=1S/C14H16O5S/c1-9(14(18)19)20-8-11(7-12(15)16)13(17)10-5-3-2-4-6-10/h2-6,9,11H,7-8H2,1H3,(H,15,16)(H,18,19). The number of thioether (sulfide) groups is 1. The second kappa shape index (κ2) is 7.69. The van der Waals surface area contributed by atoms with Crippen molar-refractivity contribution in [1.82, 2.24) is 0 Å². The molecule has 0 aliphatic rings. The van der Waals surface area contributed by atoms with Gasteiger partial charge in [-0.25, -0.2) is 0 Å². The molecule has 2 N–H and O–H groups in total. The normalized spacial score (nSPS) is 13.4. The quantitative estimate of drug-likeness (QED) is 0.714. The lowest BCUT2D eigenvalue weighted by molar-refractivity contribution is -0.138. The summed E-state index contributed by atoms with van der Waals surface area (Å²) in [5, 5.41) is 17.0. The number of carbonyl (C=O) groups excluding carboxylic acids is 1. The van der Waals surface area contributed by atoms with E-state index in [1.54, 1.807) is 30.3 Å². The van der Waals surface area contributed by atoms with E-state index < -0.39 is 23.1 Å². The summed E-state index contributed by atoms with van der Waals surface area (Å²) in [6.07, 6.45) is -0.299. The van der Waals surface area contributed by atoms with Crippen molar-refractivity contribution < 1.29 is 24.6 Å². The van der Waals surface area contributed by atoms with Gasteiger partial charge < -0.3 is 10.2 Å². The maximum atomic E-state index is 12.2. The molecule has 1 aromatic rings. The lowest BCUT2D eigenvalue weighted by atomic mass is 9.96. The predicted molar refractivity (Wildman–Crippen MR) is 76.1 cm³/mol. The topological polar surface area (TPSA) is 91.7 Å². The van der Waals surface area contributed by atoms with Crippen molar-refractivity contribution in [1.29, 1.82) is 0 Å². The van der Waals surface area contributed by atoms with Crippen LogP contribution >= 0.6 is 11.8 Å². The van der Waals surface area contributed by atoms with Gasteiger partial charge >= 0.3 is 11.9 Å². The van der Waals surface area contributed by atoms with Crippen LogP contribution in [0.15, 0.2) is 30.3 Å². The van der Waals surface area contributed by atoms with E-state index in [2.05, 4.69) is 0 Å². The number of carbonyl (C=O) groups is 3. The van der Waals surface area contributed by atoms with E-state index in [0.29, 0.717) is 5.56 Å². The smallest absolute Gasteiger partial charge is 0.316 e. The van der Waals surface area contributed by atoms with Gasteiger partial charge in [0, 0.05) is 17.2 Å². The van der Waals surface area contributed by atoms with E-state index >= 15 is 0 Å². The first-order chi connectivity index (χ1) is 9.41. The number of Topliss-reactive ketones (excluding diaryl/α,β-unsaturated/α-hetero) is 1. The highest BCUT2D eigenvalue weighted by Gasteiger charge is 2.25. The molecule has 0 saturated heterocycles. The molecule has 0 radical (unpaired) electrons. The number of aliphatic carboxylic acids is 2. The lowest BCUT2D eigenvalue weighted by Crippen LogP contribution is -2.23. The van der Waals surface area contributed by atoms with E-state index in [-0.39, 0.29) is 18.0 Å². The molecule has 0 saturated carbocycles. The Morgan fingerprint density at radius 2 is 1.75 bits per heavy atom. The summed E-state index contributed by atoms with van der Waals surface area (Å²) in [4.78, 5) is 33.8. The van der Waals surface area contributed by atoms with E-state index in [1.165, 1.54) is 6.92 Å². The number of benzene rings is 1. The largest absolute Gasteiger partial charge is 0.481 e. The minimum absolute atomic E-state index is 0.174. The van der Waals surface area contributed by atoms with Gasteiger partial charge in [0.2, 0.25) is 0 Å². The van der Waals surface area contributed by atoms with Crippen LogP contribution in [0.3, 0.4) is 0 Å². The van der Waals surface area contributed by atoms with Gasteiger partial charge in [-0.3, -0.25) is 14.4 Å². The molecule has 1 aromatic carbocycles. The van der Waals surface area contributed by atoms with Crippen LogP contribution in [0.1, 0.15) is 23.7 Å². The highest BCUT2D eigenvalue weighted by molar-refractivity contribution is 8.00. The average Bonchev–Trinajstić information content (AvgIpc) is 2.42. The van der Waals surface area contributed by atoms with Gasteiger partial charge in [-0.05, 0) is 6.92 Å². The summed E-state index contributed by atoms with van der Waals surface area (Å²) >= 11 is 1.07. The van der Waals surface area contributed by atoms with Gasteiger partial charge in [0.05, 0.1) is 11.7 Å². The zero-order chi connectivity index (χ0) is 15.1. The molecule has 0 spiro atoms.